The van der Waals surface area contributed by atoms with Crippen LogP contribution < -0.4 is 5.73 Å². The van der Waals surface area contributed by atoms with Crippen molar-refractivity contribution in [2.45, 2.75) is 88.3 Å². The van der Waals surface area contributed by atoms with Crippen molar-refractivity contribution in [3.63, 3.8) is 0 Å². The molecule has 5 heterocycles. The topological polar surface area (TPSA) is 108 Å². The molecule has 5 aromatic heterocycles. The Kier molecular flexibility index (Phi) is 34.8. The van der Waals surface area contributed by atoms with Crippen LogP contribution in [-0.4, -0.2) is 31.2 Å². The zero-order chi connectivity index (χ0) is 35.4. The van der Waals surface area contributed by atoms with E-state index in [-0.39, 0.29) is 57.8 Å². The van der Waals surface area contributed by atoms with E-state index in [1.165, 1.54) is 41.7 Å². The summed E-state index contributed by atoms with van der Waals surface area (Å²) < 4.78 is 47.8. The molecule has 5 aromatic rings. The van der Waals surface area contributed by atoms with Crippen LogP contribution in [0.3, 0.4) is 0 Å². The number of aromatic nitrogens is 5. The van der Waals surface area contributed by atoms with Crippen molar-refractivity contribution < 1.29 is 22.4 Å². The van der Waals surface area contributed by atoms with Gasteiger partial charge in [-0.15, -0.1) is 0 Å². The smallest absolute Gasteiger partial charge is 0.264 e. The van der Waals surface area contributed by atoms with Crippen LogP contribution in [0.5, 0.6) is 0 Å². The van der Waals surface area contributed by atoms with Crippen LogP contribution in [0, 0.1) is 34.6 Å². The maximum Gasteiger partial charge on any atom is 0.264 e. The Morgan fingerprint density at radius 1 is 0.538 bits per heavy atom. The maximum absolute atomic E-state index is 11.9. The first-order valence-electron chi connectivity index (χ1n) is 13.9. The summed E-state index contributed by atoms with van der Waals surface area (Å²) in [6.07, 6.45) is 3.86. The molecular formula is C39H56Br2F4N6O. The van der Waals surface area contributed by atoms with Crippen molar-refractivity contribution in [1.82, 2.24) is 24.9 Å². The number of alkyl halides is 6. The van der Waals surface area contributed by atoms with Crippen molar-refractivity contribution in [1.29, 1.82) is 0 Å². The number of carbonyl (C=O) groups excluding carboxylic acids is 1. The van der Waals surface area contributed by atoms with Gasteiger partial charge in [-0.05, 0) is 106 Å². The van der Waals surface area contributed by atoms with Crippen LogP contribution in [0.4, 0.5) is 23.4 Å². The second kappa shape index (κ2) is 31.6. The van der Waals surface area contributed by atoms with Crippen LogP contribution in [0.1, 0.15) is 109 Å². The van der Waals surface area contributed by atoms with E-state index in [0.717, 1.165) is 29.4 Å². The van der Waals surface area contributed by atoms with E-state index in [0.29, 0.717) is 11.3 Å². The molecule has 7 nitrogen and oxygen atoms in total. The fraction of sp³-hybridized carbons (Fsp3) is 0.333. The van der Waals surface area contributed by atoms with E-state index < -0.39 is 12.9 Å². The van der Waals surface area contributed by atoms with Crippen molar-refractivity contribution in [3.8, 4) is 0 Å². The molecule has 0 atom stereocenters. The molecule has 13 heteroatoms. The van der Waals surface area contributed by atoms with Crippen LogP contribution in [0.15, 0.2) is 91.6 Å². The number of nitrogens with zero attached hydrogens (tertiary/aromatic N) is 5. The Balaban J connectivity index is -0.000000173. The summed E-state index contributed by atoms with van der Waals surface area (Å²) in [5.74, 6) is 0.123. The lowest BCUT2D eigenvalue weighted by atomic mass is 10.2. The molecule has 0 amide bonds. The molecule has 0 aromatic carbocycles. The average molecular weight is 861 g/mol. The van der Waals surface area contributed by atoms with Crippen molar-refractivity contribution in [2.75, 3.05) is 5.73 Å². The molecule has 0 aliphatic carbocycles. The van der Waals surface area contributed by atoms with Gasteiger partial charge in [0.2, 0.25) is 0 Å². The van der Waals surface area contributed by atoms with Gasteiger partial charge in [0.05, 0.1) is 3.74 Å². The number of hydrogen-bond acceptors (Lipinski definition) is 7. The summed E-state index contributed by atoms with van der Waals surface area (Å²) in [5, 5.41) is 0. The molecule has 0 unspecified atom stereocenters. The summed E-state index contributed by atoms with van der Waals surface area (Å²) in [6, 6.07) is 16.6. The number of nitrogen functional groups attached to an aromatic ring is 1. The third-order valence-electron chi connectivity index (χ3n) is 5.51. The SMILES string of the molecule is C.C.C.C.C.Cc1cc(C(Br)Br)ccn1.Cc1cc(C(F)F)ccn1.Cc1cc(C=O)ccn1.Cc1ccnc(C)c1.Nc1cc(C(F)F)ccn1. The summed E-state index contributed by atoms with van der Waals surface area (Å²) in [4.78, 5) is 29.5. The number of aldehydes is 1. The molecule has 0 saturated heterocycles. The van der Waals surface area contributed by atoms with E-state index in [2.05, 4.69) is 69.8 Å². The molecular weight excluding hydrogens is 804 g/mol. The number of hydrogen-bond donors (Lipinski definition) is 1. The molecule has 0 saturated carbocycles. The Morgan fingerprint density at radius 2 is 0.904 bits per heavy atom. The minimum absolute atomic E-state index is 0. The number of rotatable bonds is 4. The Morgan fingerprint density at radius 3 is 1.17 bits per heavy atom. The first-order chi connectivity index (χ1) is 22.2. The van der Waals surface area contributed by atoms with E-state index >= 15 is 0 Å². The molecule has 2 N–H and O–H groups in total. The van der Waals surface area contributed by atoms with Gasteiger partial charge in [0, 0.05) is 70.5 Å². The number of carbonyl (C=O) groups is 1. The maximum atomic E-state index is 11.9. The number of nitrogens with two attached hydrogens (primary N) is 1. The summed E-state index contributed by atoms with van der Waals surface area (Å²) >= 11 is 6.81. The van der Waals surface area contributed by atoms with Gasteiger partial charge in [0.25, 0.3) is 12.9 Å². The highest BCUT2D eigenvalue weighted by molar-refractivity contribution is 9.24. The zero-order valence-electron chi connectivity index (χ0n) is 26.5. The minimum Gasteiger partial charge on any atom is -0.384 e. The van der Waals surface area contributed by atoms with Gasteiger partial charge in [0.1, 0.15) is 12.1 Å². The van der Waals surface area contributed by atoms with Crippen molar-refractivity contribution in [3.05, 3.63) is 142 Å². The monoisotopic (exact) mass is 858 g/mol. The minimum atomic E-state index is -2.47. The third-order valence-corrected chi connectivity index (χ3v) is 6.57. The summed E-state index contributed by atoms with van der Waals surface area (Å²) in [7, 11) is 0. The highest BCUT2D eigenvalue weighted by atomic mass is 79.9. The van der Waals surface area contributed by atoms with Gasteiger partial charge in [-0.2, -0.15) is 0 Å². The van der Waals surface area contributed by atoms with Gasteiger partial charge in [-0.3, -0.25) is 24.7 Å². The summed E-state index contributed by atoms with van der Waals surface area (Å²) in [5.41, 5.74) is 11.9. The largest absolute Gasteiger partial charge is 0.384 e. The van der Waals surface area contributed by atoms with Crippen molar-refractivity contribution in [2.24, 2.45) is 0 Å². The molecule has 0 fully saturated rings. The standard InChI is InChI=1S/C7H7Br2N.C7H7F2N.C7H7NO.C7H9N.C6H6F2N2.5CH4/c2*1-5-4-6(7(8)9)2-3-10-5;1-6-4-7(5-9)2-3-8-6;1-6-3-4-8-7(2)5-6;7-6(8)4-1-2-10-5(9)3-4;;;;;/h2*2-4,7H,1H3;2-5H,1H3;3-5H,1-2H3;1-3,6H,(H2,9,10);5*1H4. The lowest BCUT2D eigenvalue weighted by Crippen LogP contribution is -1.91. The molecule has 0 aliphatic rings. The molecule has 0 aliphatic heterocycles. The van der Waals surface area contributed by atoms with E-state index in [9.17, 15) is 22.4 Å². The predicted molar refractivity (Wildman–Crippen MR) is 219 cm³/mol. The number of halogens is 6. The van der Waals surface area contributed by atoms with Crippen LogP contribution in [-0.2, 0) is 0 Å². The van der Waals surface area contributed by atoms with Gasteiger partial charge in [-0.25, -0.2) is 22.5 Å². The summed E-state index contributed by atoms with van der Waals surface area (Å²) in [6.45, 7) is 9.58. The van der Waals surface area contributed by atoms with E-state index in [1.54, 1.807) is 31.5 Å². The zero-order valence-corrected chi connectivity index (χ0v) is 29.6. The average Bonchev–Trinajstić information content (AvgIpc) is 3.02. The highest BCUT2D eigenvalue weighted by Crippen LogP contribution is 2.28. The highest BCUT2D eigenvalue weighted by Gasteiger charge is 2.06. The van der Waals surface area contributed by atoms with Gasteiger partial charge < -0.3 is 5.73 Å². The number of pyridine rings is 5. The molecule has 290 valence electrons. The van der Waals surface area contributed by atoms with E-state index in [4.69, 9.17) is 5.73 Å². The van der Waals surface area contributed by atoms with Gasteiger partial charge in [-0.1, -0.05) is 69.0 Å². The van der Waals surface area contributed by atoms with Crippen LogP contribution in [0.25, 0.3) is 0 Å². The second-order valence-corrected chi connectivity index (χ2v) is 12.8. The van der Waals surface area contributed by atoms with Gasteiger partial charge in [0.15, 0.2) is 0 Å². The Bertz CT molecular complexity index is 1510. The Hall–Kier alpha value is -4.10. The molecule has 0 radical (unpaired) electrons. The number of anilines is 1. The normalized spacial score (nSPS) is 8.96. The molecule has 0 bridgehead atoms. The molecule has 52 heavy (non-hydrogen) atoms. The van der Waals surface area contributed by atoms with Crippen LogP contribution in [0.2, 0.25) is 0 Å². The number of aryl methyl sites for hydroxylation is 5. The fourth-order valence-corrected chi connectivity index (χ4v) is 3.91. The third kappa shape index (κ3) is 25.8. The lowest BCUT2D eigenvalue weighted by Gasteiger charge is -2.00. The second-order valence-electron chi connectivity index (χ2n) is 9.70. The lowest BCUT2D eigenvalue weighted by molar-refractivity contribution is 0.112. The first-order valence-corrected chi connectivity index (χ1v) is 15.7. The molecule has 0 spiro atoms. The Labute approximate surface area is 326 Å². The predicted octanol–water partition coefficient (Wildman–Crippen LogP) is 13.2. The van der Waals surface area contributed by atoms with Gasteiger partial charge >= 0.3 is 0 Å². The first kappa shape index (κ1) is 57.2. The van der Waals surface area contributed by atoms with Crippen molar-refractivity contribution >= 4 is 44.0 Å². The fourth-order valence-electron chi connectivity index (χ4n) is 3.34. The van der Waals surface area contributed by atoms with E-state index in [1.807, 2.05) is 45.2 Å². The molecule has 5 rings (SSSR count). The quantitative estimate of drug-likeness (QED) is 0.109. The van der Waals surface area contributed by atoms with Crippen LogP contribution >= 0.6 is 31.9 Å².